The third-order valence-electron chi connectivity index (χ3n) is 3.71. The van der Waals surface area contributed by atoms with Gasteiger partial charge in [0.2, 0.25) is 0 Å². The van der Waals surface area contributed by atoms with Gasteiger partial charge in [0.05, 0.1) is 11.9 Å². The molecule has 0 saturated heterocycles. The van der Waals surface area contributed by atoms with Crippen molar-refractivity contribution in [1.82, 2.24) is 5.32 Å². The molecule has 4 nitrogen and oxygen atoms in total. The number of hydrogen-bond donors (Lipinski definition) is 1. The maximum Gasteiger partial charge on any atom is 0.151 e. The largest absolute Gasteiger partial charge is 0.381 e. The second-order valence-corrected chi connectivity index (χ2v) is 7.50. The lowest BCUT2D eigenvalue weighted by molar-refractivity contribution is -0.0968. The lowest BCUT2D eigenvalue weighted by atomic mass is 9.64. The standard InChI is InChI=1S/C11H23NO3S/c1-5-16(13,14)7-6-12-9-8-10(15-4)11(9,2)3/h9-10,12H,5-8H2,1-4H3. The molecule has 2 atom stereocenters. The average molecular weight is 249 g/mol. The molecule has 1 N–H and O–H groups in total. The van der Waals surface area contributed by atoms with E-state index in [1.807, 2.05) is 0 Å². The van der Waals surface area contributed by atoms with E-state index in [1.54, 1.807) is 14.0 Å². The van der Waals surface area contributed by atoms with E-state index in [1.165, 1.54) is 0 Å². The summed E-state index contributed by atoms with van der Waals surface area (Å²) in [6.07, 6.45) is 1.25. The van der Waals surface area contributed by atoms with E-state index in [-0.39, 0.29) is 23.0 Å². The summed E-state index contributed by atoms with van der Waals surface area (Å²) in [4.78, 5) is 0. The van der Waals surface area contributed by atoms with Crippen LogP contribution in [0, 0.1) is 5.41 Å². The van der Waals surface area contributed by atoms with Crippen LogP contribution in [-0.2, 0) is 14.6 Å². The maximum atomic E-state index is 11.3. The second-order valence-electron chi connectivity index (χ2n) is 5.02. The molecule has 0 bridgehead atoms. The van der Waals surface area contributed by atoms with Crippen molar-refractivity contribution < 1.29 is 13.2 Å². The number of hydrogen-bond acceptors (Lipinski definition) is 4. The molecule has 0 spiro atoms. The number of sulfone groups is 1. The zero-order valence-electron chi connectivity index (χ0n) is 10.6. The minimum Gasteiger partial charge on any atom is -0.381 e. The van der Waals surface area contributed by atoms with Crippen molar-refractivity contribution in [3.05, 3.63) is 0 Å². The molecule has 1 saturated carbocycles. The molecule has 0 radical (unpaired) electrons. The van der Waals surface area contributed by atoms with E-state index in [9.17, 15) is 8.42 Å². The Morgan fingerprint density at radius 2 is 2.06 bits per heavy atom. The Balaban J connectivity index is 2.31. The lowest BCUT2D eigenvalue weighted by Gasteiger charge is -2.51. The summed E-state index contributed by atoms with van der Waals surface area (Å²) in [7, 11) is -1.12. The van der Waals surface area contributed by atoms with Gasteiger partial charge in [-0.25, -0.2) is 8.42 Å². The van der Waals surface area contributed by atoms with Crippen LogP contribution in [0.5, 0.6) is 0 Å². The Bertz CT molecular complexity index is 324. The van der Waals surface area contributed by atoms with Crippen LogP contribution in [0.25, 0.3) is 0 Å². The predicted molar refractivity (Wildman–Crippen MR) is 65.3 cm³/mol. The van der Waals surface area contributed by atoms with Crippen LogP contribution in [0.15, 0.2) is 0 Å². The van der Waals surface area contributed by atoms with Crippen molar-refractivity contribution in [1.29, 1.82) is 0 Å². The lowest BCUT2D eigenvalue weighted by Crippen LogP contribution is -2.61. The first kappa shape index (κ1) is 13.9. The van der Waals surface area contributed by atoms with Gasteiger partial charge in [0.15, 0.2) is 9.84 Å². The zero-order valence-corrected chi connectivity index (χ0v) is 11.4. The summed E-state index contributed by atoms with van der Waals surface area (Å²) in [5.74, 6) is 0.456. The molecular formula is C11H23NO3S. The summed E-state index contributed by atoms with van der Waals surface area (Å²) in [6.45, 7) is 6.53. The highest BCUT2D eigenvalue weighted by Gasteiger charge is 2.48. The first-order valence-electron chi connectivity index (χ1n) is 5.80. The summed E-state index contributed by atoms with van der Waals surface area (Å²) in [6, 6.07) is 0.365. The first-order valence-corrected chi connectivity index (χ1v) is 7.62. The average Bonchev–Trinajstić information content (AvgIpc) is 2.22. The highest BCUT2D eigenvalue weighted by atomic mass is 32.2. The molecule has 0 aromatic rings. The number of rotatable bonds is 6. The van der Waals surface area contributed by atoms with Gasteiger partial charge in [-0.1, -0.05) is 20.8 Å². The highest BCUT2D eigenvalue weighted by Crippen LogP contribution is 2.42. The quantitative estimate of drug-likeness (QED) is 0.757. The molecule has 0 amide bonds. The SMILES string of the molecule is CCS(=O)(=O)CCNC1CC(OC)C1(C)C. The molecule has 0 aliphatic heterocycles. The summed E-state index contributed by atoms with van der Waals surface area (Å²) < 4.78 is 28.0. The van der Waals surface area contributed by atoms with Crippen LogP contribution >= 0.6 is 0 Å². The van der Waals surface area contributed by atoms with Crippen molar-refractivity contribution in [2.45, 2.75) is 39.3 Å². The van der Waals surface area contributed by atoms with Crippen molar-refractivity contribution >= 4 is 9.84 Å². The molecule has 1 aliphatic carbocycles. The van der Waals surface area contributed by atoms with E-state index >= 15 is 0 Å². The van der Waals surface area contributed by atoms with Crippen LogP contribution in [0.1, 0.15) is 27.2 Å². The topological polar surface area (TPSA) is 55.4 Å². The normalized spacial score (nSPS) is 28.8. The fourth-order valence-electron chi connectivity index (χ4n) is 2.16. The van der Waals surface area contributed by atoms with Crippen LogP contribution in [0.3, 0.4) is 0 Å². The molecule has 0 aromatic heterocycles. The highest BCUT2D eigenvalue weighted by molar-refractivity contribution is 7.91. The van der Waals surface area contributed by atoms with E-state index in [4.69, 9.17) is 4.74 Å². The Hall–Kier alpha value is -0.130. The Morgan fingerprint density at radius 3 is 2.50 bits per heavy atom. The number of nitrogens with one attached hydrogen (secondary N) is 1. The maximum absolute atomic E-state index is 11.3. The zero-order chi connectivity index (χ0) is 12.4. The molecular weight excluding hydrogens is 226 g/mol. The third-order valence-corrected chi connectivity index (χ3v) is 5.41. The van der Waals surface area contributed by atoms with Crippen molar-refractivity contribution in [2.24, 2.45) is 5.41 Å². The van der Waals surface area contributed by atoms with Crippen LogP contribution < -0.4 is 5.32 Å². The van der Waals surface area contributed by atoms with E-state index < -0.39 is 9.84 Å². The smallest absolute Gasteiger partial charge is 0.151 e. The number of methoxy groups -OCH3 is 1. The van der Waals surface area contributed by atoms with Gasteiger partial charge in [0, 0.05) is 30.9 Å². The number of ether oxygens (including phenoxy) is 1. The van der Waals surface area contributed by atoms with Gasteiger partial charge in [-0.05, 0) is 6.42 Å². The molecule has 0 heterocycles. The van der Waals surface area contributed by atoms with Gasteiger partial charge in [0.1, 0.15) is 0 Å². The van der Waals surface area contributed by atoms with Gasteiger partial charge in [0.25, 0.3) is 0 Å². The van der Waals surface area contributed by atoms with Crippen molar-refractivity contribution in [3.8, 4) is 0 Å². The van der Waals surface area contributed by atoms with E-state index in [0.29, 0.717) is 12.6 Å². The monoisotopic (exact) mass is 249 g/mol. The Labute approximate surface area is 98.7 Å². The summed E-state index contributed by atoms with van der Waals surface area (Å²) in [5, 5.41) is 3.30. The van der Waals surface area contributed by atoms with E-state index in [0.717, 1.165) is 6.42 Å². The van der Waals surface area contributed by atoms with Crippen LogP contribution in [0.2, 0.25) is 0 Å². The fourth-order valence-corrected chi connectivity index (χ4v) is 2.88. The van der Waals surface area contributed by atoms with Crippen molar-refractivity contribution in [2.75, 3.05) is 25.2 Å². The molecule has 5 heteroatoms. The Kier molecular flexibility index (Phi) is 4.37. The molecule has 2 unspecified atom stereocenters. The Morgan fingerprint density at radius 1 is 1.44 bits per heavy atom. The van der Waals surface area contributed by atoms with E-state index in [2.05, 4.69) is 19.2 Å². The summed E-state index contributed by atoms with van der Waals surface area (Å²) >= 11 is 0. The molecule has 1 rings (SSSR count). The van der Waals surface area contributed by atoms with Gasteiger partial charge in [-0.2, -0.15) is 0 Å². The van der Waals surface area contributed by atoms with Crippen LogP contribution in [-0.4, -0.2) is 45.7 Å². The molecule has 96 valence electrons. The third kappa shape index (κ3) is 2.96. The summed E-state index contributed by atoms with van der Waals surface area (Å²) in [5.41, 5.74) is 0.102. The van der Waals surface area contributed by atoms with Gasteiger partial charge in [-0.3, -0.25) is 0 Å². The first-order chi connectivity index (χ1) is 7.33. The van der Waals surface area contributed by atoms with Crippen molar-refractivity contribution in [3.63, 3.8) is 0 Å². The fraction of sp³-hybridized carbons (Fsp3) is 1.00. The predicted octanol–water partition coefficient (Wildman–Crippen LogP) is 0.824. The van der Waals surface area contributed by atoms with Gasteiger partial charge in [-0.15, -0.1) is 0 Å². The van der Waals surface area contributed by atoms with Gasteiger partial charge < -0.3 is 10.1 Å². The minimum absolute atomic E-state index is 0.102. The molecule has 1 fully saturated rings. The van der Waals surface area contributed by atoms with Crippen LogP contribution in [0.4, 0.5) is 0 Å². The minimum atomic E-state index is -2.85. The molecule has 1 aliphatic rings. The van der Waals surface area contributed by atoms with Gasteiger partial charge >= 0.3 is 0 Å². The second kappa shape index (κ2) is 5.02. The molecule has 0 aromatic carbocycles. The molecule has 16 heavy (non-hydrogen) atoms.